The molecular formula is C8H17NaO3P-. The Hall–Kier alpha value is 1.31. The quantitative estimate of drug-likeness (QED) is 0.276. The zero-order chi connectivity index (χ0) is 9.23. The molecule has 13 heavy (non-hydrogen) atoms. The van der Waals surface area contributed by atoms with Crippen molar-refractivity contribution >= 4 is 8.60 Å². The topological polar surface area (TPSA) is 55.3 Å². The van der Waals surface area contributed by atoms with Crippen LogP contribution in [0.25, 0.3) is 0 Å². The largest absolute Gasteiger partial charge is 1.00 e. The van der Waals surface area contributed by atoms with Gasteiger partial charge in [0.25, 0.3) is 0 Å². The number of hydrogen-bond donors (Lipinski definition) is 0. The summed E-state index contributed by atoms with van der Waals surface area (Å²) < 4.78 is 4.40. The number of hydrogen-bond acceptors (Lipinski definition) is 3. The van der Waals surface area contributed by atoms with Crippen LogP contribution in [0.15, 0.2) is 0 Å². The Balaban J connectivity index is 0. The Kier molecular flexibility index (Phi) is 17.1. The van der Waals surface area contributed by atoms with Gasteiger partial charge < -0.3 is 14.3 Å². The molecule has 0 radical (unpaired) electrons. The van der Waals surface area contributed by atoms with E-state index >= 15 is 0 Å². The summed E-state index contributed by atoms with van der Waals surface area (Å²) in [4.78, 5) is 19.9. The van der Waals surface area contributed by atoms with Crippen LogP contribution in [0, 0.1) is 0 Å². The molecule has 0 heterocycles. The van der Waals surface area contributed by atoms with Crippen LogP contribution in [0.1, 0.15) is 45.4 Å². The molecule has 0 unspecified atom stereocenters. The first-order chi connectivity index (χ1) is 5.77. The van der Waals surface area contributed by atoms with Crippen LogP contribution >= 0.6 is 8.60 Å². The monoisotopic (exact) mass is 215 g/mol. The van der Waals surface area contributed by atoms with E-state index in [1.165, 1.54) is 25.7 Å². The molecule has 0 bridgehead atoms. The van der Waals surface area contributed by atoms with Crippen LogP contribution < -0.4 is 39.3 Å². The SMILES string of the molecule is CCCCCCCCOP([O-])[O-].[Na+]. The van der Waals surface area contributed by atoms with Gasteiger partial charge in [-0.1, -0.05) is 39.0 Å². The Bertz CT molecular complexity index is 93.5. The normalized spacial score (nSPS) is 10.2. The smallest absolute Gasteiger partial charge is 0.820 e. The molecule has 0 aliphatic heterocycles. The van der Waals surface area contributed by atoms with Crippen molar-refractivity contribution in [2.45, 2.75) is 45.4 Å². The summed E-state index contributed by atoms with van der Waals surface area (Å²) in [5, 5.41) is 0. The van der Waals surface area contributed by atoms with E-state index in [1.807, 2.05) is 0 Å². The van der Waals surface area contributed by atoms with E-state index in [-0.39, 0.29) is 29.6 Å². The van der Waals surface area contributed by atoms with Crippen LogP contribution in [-0.2, 0) is 4.52 Å². The number of unbranched alkanes of at least 4 members (excludes halogenated alkanes) is 5. The number of rotatable bonds is 8. The van der Waals surface area contributed by atoms with Crippen LogP contribution in [0.5, 0.6) is 0 Å². The fourth-order valence-corrected chi connectivity index (χ4v) is 1.30. The molecule has 0 fully saturated rings. The first kappa shape index (κ1) is 16.7. The summed E-state index contributed by atoms with van der Waals surface area (Å²) in [6.45, 7) is 2.52. The van der Waals surface area contributed by atoms with Gasteiger partial charge in [-0.25, -0.2) is 0 Å². The van der Waals surface area contributed by atoms with Gasteiger partial charge in [0, 0.05) is 6.61 Å². The van der Waals surface area contributed by atoms with Crippen molar-refractivity contribution in [1.29, 1.82) is 0 Å². The van der Waals surface area contributed by atoms with E-state index < -0.39 is 8.60 Å². The van der Waals surface area contributed by atoms with Crippen molar-refractivity contribution in [2.24, 2.45) is 0 Å². The zero-order valence-corrected chi connectivity index (χ0v) is 11.5. The second-order valence-electron chi connectivity index (χ2n) is 2.82. The predicted octanol–water partition coefficient (Wildman–Crippen LogP) is -1.68. The molecule has 74 valence electrons. The van der Waals surface area contributed by atoms with Crippen LogP contribution in [0.2, 0.25) is 0 Å². The first-order valence-electron chi connectivity index (χ1n) is 4.54. The molecule has 3 nitrogen and oxygen atoms in total. The Morgan fingerprint density at radius 3 is 2.08 bits per heavy atom. The Labute approximate surface area is 104 Å². The fraction of sp³-hybridized carbons (Fsp3) is 1.00. The van der Waals surface area contributed by atoms with Crippen LogP contribution in [-0.4, -0.2) is 6.61 Å². The third-order valence-corrected chi connectivity index (χ3v) is 2.09. The van der Waals surface area contributed by atoms with Crippen LogP contribution in [0.3, 0.4) is 0 Å². The first-order valence-corrected chi connectivity index (χ1v) is 5.64. The molecule has 5 heteroatoms. The fourth-order valence-electron chi connectivity index (χ4n) is 1.02. The van der Waals surface area contributed by atoms with Gasteiger partial charge in [-0.05, 0) is 6.42 Å². The summed E-state index contributed by atoms with van der Waals surface area (Å²) in [5.41, 5.74) is 0. The second-order valence-corrected chi connectivity index (χ2v) is 3.53. The van der Waals surface area contributed by atoms with Crippen molar-refractivity contribution < 1.29 is 43.9 Å². The minimum atomic E-state index is -2.63. The summed E-state index contributed by atoms with van der Waals surface area (Å²) in [6.07, 6.45) is 6.88. The van der Waals surface area contributed by atoms with Crippen molar-refractivity contribution in [3.63, 3.8) is 0 Å². The molecule has 0 N–H and O–H groups in total. The van der Waals surface area contributed by atoms with Gasteiger partial charge in [-0.2, -0.15) is 8.60 Å². The summed E-state index contributed by atoms with van der Waals surface area (Å²) in [7, 11) is -2.63. The molecule has 0 aromatic rings. The molecule has 0 atom stereocenters. The van der Waals surface area contributed by atoms with Gasteiger partial charge in [0.2, 0.25) is 0 Å². The second kappa shape index (κ2) is 13.3. The van der Waals surface area contributed by atoms with Gasteiger partial charge in [0.1, 0.15) is 0 Å². The van der Waals surface area contributed by atoms with Gasteiger partial charge in [0.05, 0.1) is 0 Å². The maximum Gasteiger partial charge on any atom is 1.00 e. The molecule has 0 amide bonds. The molecule has 0 spiro atoms. The molecule has 0 saturated carbocycles. The average Bonchev–Trinajstić information content (AvgIpc) is 2.02. The van der Waals surface area contributed by atoms with E-state index in [0.717, 1.165) is 12.8 Å². The molecule has 0 aliphatic rings. The zero-order valence-electron chi connectivity index (χ0n) is 8.62. The summed E-state index contributed by atoms with van der Waals surface area (Å²) in [6, 6.07) is 0. The van der Waals surface area contributed by atoms with E-state index in [2.05, 4.69) is 11.4 Å². The molecule has 0 aromatic carbocycles. The summed E-state index contributed by atoms with van der Waals surface area (Å²) >= 11 is 0. The van der Waals surface area contributed by atoms with Crippen molar-refractivity contribution in [3.05, 3.63) is 0 Å². The van der Waals surface area contributed by atoms with E-state index in [4.69, 9.17) is 0 Å². The minimum Gasteiger partial charge on any atom is -0.820 e. The van der Waals surface area contributed by atoms with Gasteiger partial charge >= 0.3 is 29.6 Å². The van der Waals surface area contributed by atoms with E-state index in [1.54, 1.807) is 0 Å². The molecular weight excluding hydrogens is 198 g/mol. The maximum atomic E-state index is 9.95. The van der Waals surface area contributed by atoms with E-state index in [9.17, 15) is 9.79 Å². The van der Waals surface area contributed by atoms with Crippen molar-refractivity contribution in [1.82, 2.24) is 0 Å². The third kappa shape index (κ3) is 16.0. The average molecular weight is 215 g/mol. The Morgan fingerprint density at radius 2 is 1.54 bits per heavy atom. The Morgan fingerprint density at radius 1 is 1.00 bits per heavy atom. The van der Waals surface area contributed by atoms with Crippen LogP contribution in [0.4, 0.5) is 0 Å². The minimum absolute atomic E-state index is 0. The maximum absolute atomic E-state index is 9.95. The third-order valence-electron chi connectivity index (χ3n) is 1.69. The van der Waals surface area contributed by atoms with Gasteiger partial charge in [0.15, 0.2) is 0 Å². The van der Waals surface area contributed by atoms with Gasteiger partial charge in [-0.15, -0.1) is 0 Å². The standard InChI is InChI=1S/C8H17O3P.Na/c1-2-3-4-5-6-7-8-11-12(9)10;/h2-8H2,1H3;/q-2;+1. The van der Waals surface area contributed by atoms with Crippen molar-refractivity contribution in [2.75, 3.05) is 6.61 Å². The summed E-state index contributed by atoms with van der Waals surface area (Å²) in [5.74, 6) is 0. The predicted molar refractivity (Wildman–Crippen MR) is 46.2 cm³/mol. The van der Waals surface area contributed by atoms with E-state index in [0.29, 0.717) is 6.61 Å². The van der Waals surface area contributed by atoms with Crippen molar-refractivity contribution in [3.8, 4) is 0 Å². The molecule has 0 aliphatic carbocycles. The molecule has 0 aromatic heterocycles. The molecule has 0 saturated heterocycles. The van der Waals surface area contributed by atoms with Gasteiger partial charge in [-0.3, -0.25) is 0 Å². The molecule has 0 rings (SSSR count).